The number of nitriles is 1. The number of rotatable bonds is 5. The van der Waals surface area contributed by atoms with Crippen LogP contribution >= 0.6 is 0 Å². The fraction of sp³-hybridized carbons (Fsp3) is 0.167. The smallest absolute Gasteiger partial charge is 0.266 e. The van der Waals surface area contributed by atoms with Crippen molar-refractivity contribution in [2.24, 2.45) is 0 Å². The van der Waals surface area contributed by atoms with Gasteiger partial charge in [-0.05, 0) is 23.8 Å². The van der Waals surface area contributed by atoms with E-state index in [0.29, 0.717) is 5.56 Å². The van der Waals surface area contributed by atoms with Crippen molar-refractivity contribution in [3.05, 3.63) is 29.3 Å². The topological polar surface area (TPSA) is 148 Å². The first kappa shape index (κ1) is 16.5. The fourth-order valence-corrected chi connectivity index (χ4v) is 1.69. The zero-order chi connectivity index (χ0) is 16.0. The van der Waals surface area contributed by atoms with Crippen molar-refractivity contribution in [3.63, 3.8) is 0 Å². The van der Waals surface area contributed by atoms with Gasteiger partial charge in [-0.15, -0.1) is 0 Å². The molecule has 0 spiro atoms. The molecular weight excluding hydrogens is 300 g/mol. The van der Waals surface area contributed by atoms with Crippen LogP contribution in [0.3, 0.4) is 0 Å². The summed E-state index contributed by atoms with van der Waals surface area (Å²) in [6.45, 7) is -0.350. The van der Waals surface area contributed by atoms with Crippen LogP contribution in [-0.4, -0.2) is 41.4 Å². The molecule has 1 aromatic carbocycles. The lowest BCUT2D eigenvalue weighted by Crippen LogP contribution is -2.29. The van der Waals surface area contributed by atoms with Gasteiger partial charge in [0.05, 0.1) is 5.75 Å². The number of carbonyl (C=O) groups excluding carboxylic acids is 1. The van der Waals surface area contributed by atoms with Crippen molar-refractivity contribution >= 4 is 22.1 Å². The Morgan fingerprint density at radius 3 is 2.52 bits per heavy atom. The summed E-state index contributed by atoms with van der Waals surface area (Å²) in [6, 6.07) is 5.34. The summed E-state index contributed by atoms with van der Waals surface area (Å²) in [5.41, 5.74) is -0.0257. The second-order valence-corrected chi connectivity index (χ2v) is 5.53. The van der Waals surface area contributed by atoms with Crippen LogP contribution in [0.1, 0.15) is 5.56 Å². The van der Waals surface area contributed by atoms with Crippen LogP contribution in [0.2, 0.25) is 0 Å². The molecule has 0 unspecified atom stereocenters. The van der Waals surface area contributed by atoms with E-state index in [0.717, 1.165) is 12.1 Å². The van der Waals surface area contributed by atoms with E-state index in [1.807, 2.05) is 0 Å². The van der Waals surface area contributed by atoms with E-state index in [1.54, 1.807) is 6.07 Å². The van der Waals surface area contributed by atoms with Crippen molar-refractivity contribution in [1.29, 1.82) is 5.26 Å². The first-order valence-electron chi connectivity index (χ1n) is 5.60. The Morgan fingerprint density at radius 2 is 2.00 bits per heavy atom. The van der Waals surface area contributed by atoms with Gasteiger partial charge in [0.25, 0.3) is 16.0 Å². The van der Waals surface area contributed by atoms with Gasteiger partial charge in [-0.25, -0.2) is 0 Å². The molecule has 1 rings (SSSR count). The highest BCUT2D eigenvalue weighted by atomic mass is 32.2. The van der Waals surface area contributed by atoms with Crippen molar-refractivity contribution in [1.82, 2.24) is 5.32 Å². The Balaban J connectivity index is 2.82. The molecule has 0 fully saturated rings. The van der Waals surface area contributed by atoms with Crippen molar-refractivity contribution in [2.45, 2.75) is 0 Å². The number of amides is 1. The molecule has 0 atom stereocenters. The van der Waals surface area contributed by atoms with E-state index >= 15 is 0 Å². The van der Waals surface area contributed by atoms with Crippen molar-refractivity contribution in [3.8, 4) is 17.6 Å². The molecule has 0 aliphatic heterocycles. The van der Waals surface area contributed by atoms with E-state index in [2.05, 4.69) is 5.32 Å². The average molecular weight is 312 g/mol. The molecular formula is C12H12N2O6S. The minimum atomic E-state index is -4.20. The van der Waals surface area contributed by atoms with Gasteiger partial charge in [0.15, 0.2) is 11.5 Å². The number of nitrogens with zero attached hydrogens (tertiary/aromatic N) is 1. The highest BCUT2D eigenvalue weighted by Crippen LogP contribution is 2.25. The Hall–Kier alpha value is -2.57. The van der Waals surface area contributed by atoms with Gasteiger partial charge in [-0.3, -0.25) is 9.35 Å². The number of phenols is 2. The Bertz CT molecular complexity index is 718. The van der Waals surface area contributed by atoms with Crippen LogP contribution in [0.15, 0.2) is 23.8 Å². The summed E-state index contributed by atoms with van der Waals surface area (Å²) in [7, 11) is -4.20. The molecule has 4 N–H and O–H groups in total. The lowest BCUT2D eigenvalue weighted by atomic mass is 10.1. The molecule has 8 nitrogen and oxygen atoms in total. The molecule has 0 bridgehead atoms. The monoisotopic (exact) mass is 312 g/mol. The predicted octanol–water partition coefficient (Wildman–Crippen LogP) is 0.00878. The molecule has 0 aliphatic rings. The third-order valence-corrected chi connectivity index (χ3v) is 3.04. The third-order valence-electron chi connectivity index (χ3n) is 2.32. The fourth-order valence-electron chi connectivity index (χ4n) is 1.33. The third kappa shape index (κ3) is 5.52. The molecule has 0 aromatic heterocycles. The molecule has 0 saturated heterocycles. The zero-order valence-corrected chi connectivity index (χ0v) is 11.5. The van der Waals surface area contributed by atoms with Crippen LogP contribution in [0, 0.1) is 11.3 Å². The van der Waals surface area contributed by atoms with Crippen molar-refractivity contribution in [2.75, 3.05) is 12.3 Å². The standard InChI is InChI=1S/C12H12N2O6S/c13-7-9(12(17)14-3-4-21(18,19)20)5-8-1-2-10(15)11(16)6-8/h1-2,5-6,15-16H,3-4H2,(H,14,17)(H,18,19,20)/b9-5+. The summed E-state index contributed by atoms with van der Waals surface area (Å²) >= 11 is 0. The quantitative estimate of drug-likeness (QED) is 0.259. The second-order valence-electron chi connectivity index (χ2n) is 3.96. The van der Waals surface area contributed by atoms with Crippen LogP contribution < -0.4 is 5.32 Å². The van der Waals surface area contributed by atoms with Gasteiger partial charge in [0, 0.05) is 6.54 Å². The van der Waals surface area contributed by atoms with E-state index in [9.17, 15) is 18.3 Å². The number of hydrogen-bond donors (Lipinski definition) is 4. The summed E-state index contributed by atoms with van der Waals surface area (Å²) in [4.78, 5) is 11.6. The van der Waals surface area contributed by atoms with Crippen molar-refractivity contribution < 1.29 is 28.0 Å². The van der Waals surface area contributed by atoms with Crippen LogP contribution in [-0.2, 0) is 14.9 Å². The van der Waals surface area contributed by atoms with Crippen LogP contribution in [0.25, 0.3) is 6.08 Å². The SMILES string of the molecule is N#C/C(=C\c1ccc(O)c(O)c1)C(=O)NCCS(=O)(=O)O. The van der Waals surface area contributed by atoms with Gasteiger partial charge in [-0.2, -0.15) is 13.7 Å². The molecule has 0 aliphatic carbocycles. The lowest BCUT2D eigenvalue weighted by Gasteiger charge is -2.03. The maximum absolute atomic E-state index is 11.6. The average Bonchev–Trinajstić information content (AvgIpc) is 2.38. The Morgan fingerprint density at radius 1 is 1.33 bits per heavy atom. The molecule has 0 heterocycles. The predicted molar refractivity (Wildman–Crippen MR) is 72.8 cm³/mol. The minimum absolute atomic E-state index is 0.298. The number of hydrogen-bond acceptors (Lipinski definition) is 6. The highest BCUT2D eigenvalue weighted by molar-refractivity contribution is 7.85. The summed E-state index contributed by atoms with van der Waals surface area (Å²) in [5.74, 6) is -2.25. The first-order valence-corrected chi connectivity index (χ1v) is 7.21. The molecule has 1 amide bonds. The molecule has 0 saturated carbocycles. The maximum Gasteiger partial charge on any atom is 0.266 e. The van der Waals surface area contributed by atoms with E-state index in [-0.39, 0.29) is 17.9 Å². The van der Waals surface area contributed by atoms with Gasteiger partial charge in [-0.1, -0.05) is 6.07 Å². The summed E-state index contributed by atoms with van der Waals surface area (Å²) in [5, 5.41) is 29.5. The number of benzene rings is 1. The van der Waals surface area contributed by atoms with Gasteiger partial charge in [0.2, 0.25) is 0 Å². The molecule has 0 radical (unpaired) electrons. The Kier molecular flexibility index (Phi) is 5.29. The number of carbonyl (C=O) groups is 1. The largest absolute Gasteiger partial charge is 0.504 e. The second kappa shape index (κ2) is 6.74. The van der Waals surface area contributed by atoms with E-state index in [4.69, 9.17) is 14.9 Å². The summed E-state index contributed by atoms with van der Waals surface area (Å²) < 4.78 is 29.5. The number of phenolic OH excluding ortho intramolecular Hbond substituents is 2. The minimum Gasteiger partial charge on any atom is -0.504 e. The maximum atomic E-state index is 11.6. The first-order chi connectivity index (χ1) is 9.73. The molecule has 21 heavy (non-hydrogen) atoms. The molecule has 9 heteroatoms. The van der Waals surface area contributed by atoms with Gasteiger partial charge >= 0.3 is 0 Å². The van der Waals surface area contributed by atoms with E-state index < -0.39 is 27.5 Å². The van der Waals surface area contributed by atoms with E-state index in [1.165, 1.54) is 12.1 Å². The Labute approximate surface area is 120 Å². The highest BCUT2D eigenvalue weighted by Gasteiger charge is 2.11. The van der Waals surface area contributed by atoms with Gasteiger partial charge in [0.1, 0.15) is 11.6 Å². The van der Waals surface area contributed by atoms with Crippen LogP contribution in [0.4, 0.5) is 0 Å². The molecule has 1 aromatic rings. The van der Waals surface area contributed by atoms with Gasteiger partial charge < -0.3 is 15.5 Å². The number of nitrogens with one attached hydrogen (secondary N) is 1. The molecule has 112 valence electrons. The zero-order valence-electron chi connectivity index (χ0n) is 10.6. The summed E-state index contributed by atoms with van der Waals surface area (Å²) in [6.07, 6.45) is 1.15. The van der Waals surface area contributed by atoms with Crippen LogP contribution in [0.5, 0.6) is 11.5 Å². The lowest BCUT2D eigenvalue weighted by molar-refractivity contribution is -0.116. The normalized spacial score (nSPS) is 11.7. The number of aromatic hydroxyl groups is 2.